The van der Waals surface area contributed by atoms with E-state index in [4.69, 9.17) is 21.1 Å². The van der Waals surface area contributed by atoms with Crippen molar-refractivity contribution >= 4 is 28.5 Å². The van der Waals surface area contributed by atoms with Gasteiger partial charge in [-0.25, -0.2) is 4.39 Å². The number of aromatic nitrogens is 1. The zero-order chi connectivity index (χ0) is 21.0. The second kappa shape index (κ2) is 9.31. The lowest BCUT2D eigenvalue weighted by molar-refractivity contribution is -0.143. The van der Waals surface area contributed by atoms with Crippen molar-refractivity contribution in [2.45, 2.75) is 46.3 Å². The first-order chi connectivity index (χ1) is 13.9. The van der Waals surface area contributed by atoms with Gasteiger partial charge in [0, 0.05) is 35.6 Å². The smallest absolute Gasteiger partial charge is 0.306 e. The topological polar surface area (TPSA) is 40.5 Å². The maximum absolute atomic E-state index is 14.3. The Morgan fingerprint density at radius 2 is 2.00 bits per heavy atom. The lowest BCUT2D eigenvalue weighted by Gasteiger charge is -2.11. The summed E-state index contributed by atoms with van der Waals surface area (Å²) in [5.41, 5.74) is 2.49. The molecule has 0 saturated heterocycles. The van der Waals surface area contributed by atoms with Gasteiger partial charge in [-0.05, 0) is 56.5 Å². The maximum atomic E-state index is 14.3. The molecule has 0 saturated carbocycles. The molecule has 3 rings (SSSR count). The van der Waals surface area contributed by atoms with Crippen molar-refractivity contribution in [1.82, 2.24) is 4.57 Å². The third kappa shape index (κ3) is 5.10. The van der Waals surface area contributed by atoms with E-state index in [1.807, 2.05) is 24.4 Å². The first kappa shape index (κ1) is 21.2. The van der Waals surface area contributed by atoms with Crippen LogP contribution in [0.25, 0.3) is 10.9 Å². The number of fused-ring (bicyclic) bond motifs is 1. The number of esters is 1. The van der Waals surface area contributed by atoms with Crippen LogP contribution in [0.1, 0.15) is 44.4 Å². The van der Waals surface area contributed by atoms with E-state index in [-0.39, 0.29) is 18.2 Å². The predicted octanol–water partition coefficient (Wildman–Crippen LogP) is 6.09. The first-order valence-electron chi connectivity index (χ1n) is 9.74. The minimum Gasteiger partial charge on any atom is -0.489 e. The molecule has 0 aliphatic heterocycles. The van der Waals surface area contributed by atoms with Crippen LogP contribution in [0.4, 0.5) is 4.39 Å². The standard InChI is InChI=1S/C23H25ClFNO3/c1-4-28-23(27)10-7-17-6-8-18(12-21(17)25)29-14-16-5-9-22-19(11-16)20(24)13-26(22)15(2)3/h5-6,8-9,11-13,15H,4,7,10,14H2,1-3H3. The van der Waals surface area contributed by atoms with Crippen LogP contribution in [-0.4, -0.2) is 17.1 Å². The predicted molar refractivity (Wildman–Crippen MR) is 113 cm³/mol. The van der Waals surface area contributed by atoms with Gasteiger partial charge in [-0.3, -0.25) is 4.79 Å². The van der Waals surface area contributed by atoms with E-state index in [0.29, 0.717) is 42.0 Å². The van der Waals surface area contributed by atoms with Crippen molar-refractivity contribution in [1.29, 1.82) is 0 Å². The Balaban J connectivity index is 1.66. The third-order valence-electron chi connectivity index (χ3n) is 4.74. The van der Waals surface area contributed by atoms with Crippen LogP contribution in [0.5, 0.6) is 5.75 Å². The van der Waals surface area contributed by atoms with Crippen molar-refractivity contribution in [2.75, 3.05) is 6.61 Å². The molecule has 0 spiro atoms. The number of ether oxygens (including phenoxy) is 2. The number of benzene rings is 2. The fourth-order valence-corrected chi connectivity index (χ4v) is 3.49. The van der Waals surface area contributed by atoms with Gasteiger partial charge in [0.2, 0.25) is 0 Å². The molecule has 6 heteroatoms. The number of hydrogen-bond acceptors (Lipinski definition) is 3. The average Bonchev–Trinajstić information content (AvgIpc) is 3.02. The number of hydrogen-bond donors (Lipinski definition) is 0. The minimum atomic E-state index is -0.390. The highest BCUT2D eigenvalue weighted by atomic mass is 35.5. The van der Waals surface area contributed by atoms with Crippen LogP contribution in [0, 0.1) is 5.82 Å². The Labute approximate surface area is 175 Å². The quantitative estimate of drug-likeness (QED) is 0.416. The van der Waals surface area contributed by atoms with Gasteiger partial charge in [0.05, 0.1) is 11.6 Å². The molecular formula is C23H25ClFNO3. The van der Waals surface area contributed by atoms with E-state index in [1.165, 1.54) is 6.07 Å². The molecule has 4 nitrogen and oxygen atoms in total. The van der Waals surface area contributed by atoms with Crippen molar-refractivity contribution < 1.29 is 18.7 Å². The summed E-state index contributed by atoms with van der Waals surface area (Å²) in [6, 6.07) is 11.0. The molecule has 0 atom stereocenters. The Morgan fingerprint density at radius 3 is 2.69 bits per heavy atom. The Morgan fingerprint density at radius 1 is 1.21 bits per heavy atom. The fraction of sp³-hybridized carbons (Fsp3) is 0.348. The second-order valence-electron chi connectivity index (χ2n) is 7.18. The van der Waals surface area contributed by atoms with Crippen molar-refractivity contribution in [3.8, 4) is 5.75 Å². The van der Waals surface area contributed by atoms with Gasteiger partial charge >= 0.3 is 5.97 Å². The van der Waals surface area contributed by atoms with Crippen LogP contribution in [0.3, 0.4) is 0 Å². The number of carbonyl (C=O) groups is 1. The van der Waals surface area contributed by atoms with E-state index in [0.717, 1.165) is 16.5 Å². The zero-order valence-electron chi connectivity index (χ0n) is 16.9. The molecule has 0 N–H and O–H groups in total. The molecule has 1 heterocycles. The molecule has 0 unspecified atom stereocenters. The number of carbonyl (C=O) groups excluding carboxylic acids is 1. The Bertz CT molecular complexity index is 1010. The van der Waals surface area contributed by atoms with Crippen molar-refractivity contribution in [2.24, 2.45) is 0 Å². The van der Waals surface area contributed by atoms with Crippen molar-refractivity contribution in [3.63, 3.8) is 0 Å². The molecule has 29 heavy (non-hydrogen) atoms. The van der Waals surface area contributed by atoms with E-state index < -0.39 is 0 Å². The summed E-state index contributed by atoms with van der Waals surface area (Å²) in [4.78, 5) is 11.4. The molecule has 0 aliphatic carbocycles. The summed E-state index contributed by atoms with van der Waals surface area (Å²) in [6.45, 7) is 6.60. The Hall–Kier alpha value is -2.53. The minimum absolute atomic E-state index is 0.155. The molecule has 2 aromatic carbocycles. The van der Waals surface area contributed by atoms with Crippen LogP contribution >= 0.6 is 11.6 Å². The van der Waals surface area contributed by atoms with Gasteiger partial charge in [-0.1, -0.05) is 23.7 Å². The lowest BCUT2D eigenvalue weighted by Crippen LogP contribution is -2.06. The van der Waals surface area contributed by atoms with E-state index in [2.05, 4.69) is 18.4 Å². The molecule has 0 radical (unpaired) electrons. The number of halogens is 2. The van der Waals surface area contributed by atoms with Crippen LogP contribution in [0.2, 0.25) is 5.02 Å². The van der Waals surface area contributed by atoms with Crippen molar-refractivity contribution in [3.05, 3.63) is 64.6 Å². The van der Waals surface area contributed by atoms with Gasteiger partial charge in [0.15, 0.2) is 0 Å². The number of nitrogens with zero attached hydrogens (tertiary/aromatic N) is 1. The summed E-state index contributed by atoms with van der Waals surface area (Å²) in [7, 11) is 0. The lowest BCUT2D eigenvalue weighted by atomic mass is 10.1. The number of aryl methyl sites for hydroxylation is 1. The average molecular weight is 418 g/mol. The van der Waals surface area contributed by atoms with Gasteiger partial charge < -0.3 is 14.0 Å². The monoisotopic (exact) mass is 417 g/mol. The summed E-state index contributed by atoms with van der Waals surface area (Å²) >= 11 is 6.38. The van der Waals surface area contributed by atoms with E-state index in [9.17, 15) is 9.18 Å². The molecule has 0 bridgehead atoms. The highest BCUT2D eigenvalue weighted by molar-refractivity contribution is 6.35. The van der Waals surface area contributed by atoms with Gasteiger partial charge in [0.25, 0.3) is 0 Å². The molecule has 1 aromatic heterocycles. The number of rotatable bonds is 8. The molecule has 154 valence electrons. The van der Waals surface area contributed by atoms with Crippen LogP contribution in [-0.2, 0) is 22.6 Å². The summed E-state index contributed by atoms with van der Waals surface area (Å²) in [5.74, 6) is -0.278. The molecule has 0 aliphatic rings. The summed E-state index contributed by atoms with van der Waals surface area (Å²) < 4.78 is 27.1. The van der Waals surface area contributed by atoms with Crippen LogP contribution < -0.4 is 4.74 Å². The van der Waals surface area contributed by atoms with E-state index >= 15 is 0 Å². The highest BCUT2D eigenvalue weighted by Crippen LogP contribution is 2.29. The second-order valence-corrected chi connectivity index (χ2v) is 7.58. The molecule has 0 amide bonds. The third-order valence-corrected chi connectivity index (χ3v) is 5.04. The maximum Gasteiger partial charge on any atom is 0.306 e. The van der Waals surface area contributed by atoms with Gasteiger partial charge in [-0.2, -0.15) is 0 Å². The summed E-state index contributed by atoms with van der Waals surface area (Å²) in [5, 5.41) is 1.68. The molecule has 0 fully saturated rings. The van der Waals surface area contributed by atoms with Gasteiger partial charge in [-0.15, -0.1) is 0 Å². The fourth-order valence-electron chi connectivity index (χ4n) is 3.23. The Kier molecular flexibility index (Phi) is 6.80. The van der Waals surface area contributed by atoms with Crippen LogP contribution in [0.15, 0.2) is 42.6 Å². The highest BCUT2D eigenvalue weighted by Gasteiger charge is 2.11. The summed E-state index contributed by atoms with van der Waals surface area (Å²) in [6.07, 6.45) is 2.39. The SMILES string of the molecule is CCOC(=O)CCc1ccc(OCc2ccc3c(c2)c(Cl)cn3C(C)C)cc1F. The largest absolute Gasteiger partial charge is 0.489 e. The molecule has 3 aromatic rings. The molecular weight excluding hydrogens is 393 g/mol. The first-order valence-corrected chi connectivity index (χ1v) is 10.1. The zero-order valence-corrected chi connectivity index (χ0v) is 17.6. The van der Waals surface area contributed by atoms with E-state index in [1.54, 1.807) is 19.1 Å². The van der Waals surface area contributed by atoms with Gasteiger partial charge in [0.1, 0.15) is 18.2 Å². The normalized spacial score (nSPS) is 11.2.